The Morgan fingerprint density at radius 3 is 2.26 bits per heavy atom. The third kappa shape index (κ3) is 7.82. The van der Waals surface area contributed by atoms with Gasteiger partial charge in [-0.3, -0.25) is 4.90 Å². The summed E-state index contributed by atoms with van der Waals surface area (Å²) in [6.45, 7) is 7.78. The van der Waals surface area contributed by atoms with Crippen LogP contribution < -0.4 is 10.1 Å². The van der Waals surface area contributed by atoms with Crippen molar-refractivity contribution in [2.45, 2.75) is 52.4 Å². The van der Waals surface area contributed by atoms with Gasteiger partial charge in [0.15, 0.2) is 0 Å². The number of hydrogen-bond donors (Lipinski definition) is 1. The molecule has 0 atom stereocenters. The van der Waals surface area contributed by atoms with Crippen LogP contribution in [-0.2, 0) is 17.5 Å². The number of ether oxygens (including phenoxy) is 2. The summed E-state index contributed by atoms with van der Waals surface area (Å²) >= 11 is 0. The van der Waals surface area contributed by atoms with Crippen molar-refractivity contribution in [1.82, 2.24) is 14.9 Å². The average molecular weight is 630 g/mol. The van der Waals surface area contributed by atoms with Gasteiger partial charge in [0.05, 0.1) is 30.0 Å². The van der Waals surface area contributed by atoms with Crippen LogP contribution in [0.2, 0.25) is 0 Å². The zero-order chi connectivity index (χ0) is 32.8. The Kier molecular flexibility index (Phi) is 9.87. The van der Waals surface area contributed by atoms with Crippen LogP contribution in [0.3, 0.4) is 0 Å². The van der Waals surface area contributed by atoms with E-state index in [2.05, 4.69) is 26.3 Å². The lowest BCUT2D eigenvalue weighted by Gasteiger charge is -2.32. The molecule has 0 spiro atoms. The topological polar surface area (TPSA) is 100 Å². The molecule has 0 saturated carbocycles. The van der Waals surface area contributed by atoms with Crippen LogP contribution in [0.5, 0.6) is 11.6 Å². The van der Waals surface area contributed by atoms with Gasteiger partial charge in [-0.15, -0.1) is 0 Å². The van der Waals surface area contributed by atoms with Crippen molar-refractivity contribution in [2.75, 3.05) is 25.0 Å². The van der Waals surface area contributed by atoms with Gasteiger partial charge in [0.25, 0.3) is 0 Å². The summed E-state index contributed by atoms with van der Waals surface area (Å²) in [6.07, 6.45) is -1.40. The number of likely N-dealkylation sites (tertiary alicyclic amines) is 1. The van der Waals surface area contributed by atoms with Gasteiger partial charge >= 0.3 is 12.1 Å². The highest BCUT2D eigenvalue weighted by atomic mass is 19.4. The predicted octanol–water partition coefficient (Wildman–Crippen LogP) is 7.70. The van der Waals surface area contributed by atoms with Gasteiger partial charge in [0.2, 0.25) is 11.8 Å². The van der Waals surface area contributed by atoms with Crippen molar-refractivity contribution in [3.63, 3.8) is 0 Å². The van der Waals surface area contributed by atoms with Gasteiger partial charge in [-0.05, 0) is 97.8 Å². The quantitative estimate of drug-likeness (QED) is 0.188. The number of rotatable bonds is 9. The highest BCUT2D eigenvalue weighted by Gasteiger charge is 2.30. The zero-order valence-corrected chi connectivity index (χ0v) is 25.8. The fourth-order valence-corrected chi connectivity index (χ4v) is 5.45. The van der Waals surface area contributed by atoms with Gasteiger partial charge in [-0.1, -0.05) is 24.3 Å². The van der Waals surface area contributed by atoms with E-state index in [0.29, 0.717) is 23.8 Å². The largest absolute Gasteiger partial charge is 0.462 e. The van der Waals surface area contributed by atoms with Crippen LogP contribution in [0, 0.1) is 25.2 Å². The second-order valence-corrected chi connectivity index (χ2v) is 11.3. The molecule has 2 heterocycles. The smallest absolute Gasteiger partial charge is 0.416 e. The Balaban J connectivity index is 1.28. The minimum atomic E-state index is -4.35. The first-order valence-corrected chi connectivity index (χ1v) is 15.0. The summed E-state index contributed by atoms with van der Waals surface area (Å²) in [4.78, 5) is 23.9. The van der Waals surface area contributed by atoms with Gasteiger partial charge < -0.3 is 14.8 Å². The van der Waals surface area contributed by atoms with Crippen molar-refractivity contribution >= 4 is 11.9 Å². The second kappa shape index (κ2) is 14.0. The maximum atomic E-state index is 12.9. The molecule has 1 aliphatic rings. The lowest BCUT2D eigenvalue weighted by molar-refractivity contribution is -0.137. The second-order valence-electron chi connectivity index (χ2n) is 11.3. The van der Waals surface area contributed by atoms with Gasteiger partial charge in [0, 0.05) is 25.7 Å². The molecule has 0 aliphatic carbocycles. The van der Waals surface area contributed by atoms with Crippen LogP contribution in [0.15, 0.2) is 66.9 Å². The SMILES string of the molecule is CCOC(=O)c1cnc(NC2CCN(Cc3ccc(C(F)(F)F)cc3)CC2)nc1Oc1c(C)cc(-c2ccc(C#N)cc2)cc1C. The number of alkyl halides is 3. The maximum absolute atomic E-state index is 12.9. The molecule has 5 rings (SSSR count). The molecule has 0 radical (unpaired) electrons. The molecule has 0 amide bonds. The number of halogens is 3. The molecule has 1 saturated heterocycles. The van der Waals surface area contributed by atoms with E-state index >= 15 is 0 Å². The highest BCUT2D eigenvalue weighted by molar-refractivity contribution is 5.91. The standard InChI is InChI=1S/C35H34F3N5O3/c1-4-45-33(44)30-20-40-34(41-29-13-15-43(16-14-29)21-25-7-11-28(12-8-25)35(36,37)38)42-32(30)46-31-22(2)17-27(18-23(31)3)26-9-5-24(19-39)6-10-26/h5-12,17-18,20,29H,4,13-16,21H2,1-3H3,(H,40,41,42). The summed E-state index contributed by atoms with van der Waals surface area (Å²) in [7, 11) is 0. The number of carbonyl (C=O) groups is 1. The van der Waals surface area contributed by atoms with Crippen LogP contribution in [0.25, 0.3) is 11.1 Å². The van der Waals surface area contributed by atoms with Crippen molar-refractivity contribution in [2.24, 2.45) is 0 Å². The average Bonchev–Trinajstić information content (AvgIpc) is 3.04. The number of anilines is 1. The molecule has 0 bridgehead atoms. The van der Waals surface area contributed by atoms with E-state index in [0.717, 1.165) is 65.9 Å². The fourth-order valence-electron chi connectivity index (χ4n) is 5.45. The minimum absolute atomic E-state index is 0.0559. The molecule has 4 aromatic rings. The first-order valence-electron chi connectivity index (χ1n) is 15.0. The summed E-state index contributed by atoms with van der Waals surface area (Å²) < 4.78 is 50.2. The molecule has 11 heteroatoms. The van der Waals surface area contributed by atoms with E-state index < -0.39 is 17.7 Å². The fraction of sp³-hybridized carbons (Fsp3) is 0.314. The van der Waals surface area contributed by atoms with Crippen molar-refractivity contribution in [3.05, 3.63) is 100 Å². The number of esters is 1. The molecule has 46 heavy (non-hydrogen) atoms. The number of aryl methyl sites for hydroxylation is 2. The highest BCUT2D eigenvalue weighted by Crippen LogP contribution is 2.35. The third-order valence-corrected chi connectivity index (χ3v) is 7.86. The zero-order valence-electron chi connectivity index (χ0n) is 25.8. The molecular formula is C35H34F3N5O3. The number of piperidine rings is 1. The molecule has 1 aromatic heterocycles. The van der Waals surface area contributed by atoms with Gasteiger partial charge in [-0.25, -0.2) is 9.78 Å². The van der Waals surface area contributed by atoms with Crippen LogP contribution in [0.1, 0.15) is 57.9 Å². The molecule has 3 aromatic carbocycles. The minimum Gasteiger partial charge on any atom is -0.462 e. The van der Waals surface area contributed by atoms with Crippen molar-refractivity contribution in [3.8, 4) is 28.8 Å². The van der Waals surface area contributed by atoms with Gasteiger partial charge in [0.1, 0.15) is 11.3 Å². The summed E-state index contributed by atoms with van der Waals surface area (Å²) in [6, 6.07) is 18.8. The first kappa shape index (κ1) is 32.4. The molecule has 8 nitrogen and oxygen atoms in total. The Labute approximate surface area is 265 Å². The number of aromatic nitrogens is 2. The van der Waals surface area contributed by atoms with E-state index in [9.17, 15) is 18.0 Å². The van der Waals surface area contributed by atoms with E-state index in [1.54, 1.807) is 19.1 Å². The number of nitrogens with zero attached hydrogens (tertiary/aromatic N) is 4. The monoisotopic (exact) mass is 629 g/mol. The molecule has 0 unspecified atom stereocenters. The summed E-state index contributed by atoms with van der Waals surface area (Å²) in [5.41, 5.74) is 4.46. The predicted molar refractivity (Wildman–Crippen MR) is 167 cm³/mol. The van der Waals surface area contributed by atoms with E-state index in [1.165, 1.54) is 18.3 Å². The lowest BCUT2D eigenvalue weighted by Crippen LogP contribution is -2.39. The maximum Gasteiger partial charge on any atom is 0.416 e. The number of nitriles is 1. The van der Waals surface area contributed by atoms with Crippen LogP contribution in [-0.4, -0.2) is 46.6 Å². The number of benzene rings is 3. The molecule has 238 valence electrons. The van der Waals surface area contributed by atoms with E-state index in [4.69, 9.17) is 14.7 Å². The van der Waals surface area contributed by atoms with Crippen molar-refractivity contribution < 1.29 is 27.4 Å². The van der Waals surface area contributed by atoms with E-state index in [-0.39, 0.29) is 24.1 Å². The van der Waals surface area contributed by atoms with Gasteiger partial charge in [-0.2, -0.15) is 23.4 Å². The molecule has 1 aliphatic heterocycles. The first-order chi connectivity index (χ1) is 22.0. The Morgan fingerprint density at radius 1 is 1.02 bits per heavy atom. The Hall–Kier alpha value is -4.95. The van der Waals surface area contributed by atoms with E-state index in [1.807, 2.05) is 38.1 Å². The van der Waals surface area contributed by atoms with Crippen LogP contribution >= 0.6 is 0 Å². The number of carbonyl (C=O) groups excluding carboxylic acids is 1. The number of hydrogen-bond acceptors (Lipinski definition) is 8. The molecule has 1 fully saturated rings. The lowest BCUT2D eigenvalue weighted by atomic mass is 9.99. The Bertz CT molecular complexity index is 1700. The summed E-state index contributed by atoms with van der Waals surface area (Å²) in [5, 5.41) is 12.5. The Morgan fingerprint density at radius 2 is 1.67 bits per heavy atom. The summed E-state index contributed by atoms with van der Waals surface area (Å²) in [5.74, 6) is 0.357. The third-order valence-electron chi connectivity index (χ3n) is 7.86. The van der Waals surface area contributed by atoms with Crippen molar-refractivity contribution in [1.29, 1.82) is 5.26 Å². The molecular weight excluding hydrogens is 595 g/mol. The number of nitrogens with one attached hydrogen (secondary N) is 1. The van der Waals surface area contributed by atoms with Crippen LogP contribution in [0.4, 0.5) is 19.1 Å². The normalized spacial score (nSPS) is 14.0. The molecule has 1 N–H and O–H groups in total.